The minimum Gasteiger partial charge on any atom is -0.477 e. The van der Waals surface area contributed by atoms with E-state index in [9.17, 15) is 0 Å². The fraction of sp³-hybridized carbons (Fsp3) is 0.0870. The number of aromatic nitrogens is 2. The quantitative estimate of drug-likeness (QED) is 0.472. The van der Waals surface area contributed by atoms with Crippen LogP contribution in [0.3, 0.4) is 0 Å². The van der Waals surface area contributed by atoms with Gasteiger partial charge in [-0.05, 0) is 24.6 Å². The van der Waals surface area contributed by atoms with Crippen LogP contribution in [0.1, 0.15) is 6.92 Å². The standard InChI is InChI=1S/C23H20N2O/c1-2-26-23-21(18-12-6-3-7-13-18)22(19-14-8-4-9-15-19)24-25(23)20-16-10-5-11-17-20/h3-17H,2H2,1H3. The number of nitrogens with zero attached hydrogens (tertiary/aromatic N) is 2. The van der Waals surface area contributed by atoms with Crippen molar-refractivity contribution in [2.45, 2.75) is 6.92 Å². The van der Waals surface area contributed by atoms with Crippen LogP contribution in [0.15, 0.2) is 91.0 Å². The molecule has 4 aromatic rings. The molecule has 0 unspecified atom stereocenters. The first-order valence-corrected chi connectivity index (χ1v) is 8.80. The van der Waals surface area contributed by atoms with Crippen LogP contribution in [0.4, 0.5) is 0 Å². The Labute approximate surface area is 153 Å². The Morgan fingerprint density at radius 1 is 0.731 bits per heavy atom. The van der Waals surface area contributed by atoms with E-state index in [4.69, 9.17) is 9.84 Å². The van der Waals surface area contributed by atoms with Crippen molar-refractivity contribution >= 4 is 0 Å². The van der Waals surface area contributed by atoms with Crippen molar-refractivity contribution in [3.8, 4) is 34.0 Å². The van der Waals surface area contributed by atoms with Gasteiger partial charge in [0.15, 0.2) is 0 Å². The van der Waals surface area contributed by atoms with E-state index in [1.807, 2.05) is 78.3 Å². The van der Waals surface area contributed by atoms with Gasteiger partial charge in [0.1, 0.15) is 5.69 Å². The number of benzene rings is 3. The van der Waals surface area contributed by atoms with E-state index in [2.05, 4.69) is 24.3 Å². The van der Waals surface area contributed by atoms with Gasteiger partial charge in [0, 0.05) is 5.56 Å². The van der Waals surface area contributed by atoms with Crippen LogP contribution in [0.5, 0.6) is 5.88 Å². The molecule has 0 amide bonds. The average Bonchev–Trinajstić information content (AvgIpc) is 3.10. The number of ether oxygens (including phenoxy) is 1. The summed E-state index contributed by atoms with van der Waals surface area (Å²) in [5, 5.41) is 4.94. The molecular weight excluding hydrogens is 320 g/mol. The molecule has 0 aliphatic rings. The lowest BCUT2D eigenvalue weighted by molar-refractivity contribution is 0.318. The molecular formula is C23H20N2O. The third kappa shape index (κ3) is 3.00. The number of hydrogen-bond acceptors (Lipinski definition) is 2. The molecule has 3 aromatic carbocycles. The molecule has 3 heteroatoms. The first-order valence-electron chi connectivity index (χ1n) is 8.80. The van der Waals surface area contributed by atoms with Crippen LogP contribution in [0.2, 0.25) is 0 Å². The molecule has 0 aliphatic carbocycles. The Hall–Kier alpha value is -3.33. The smallest absolute Gasteiger partial charge is 0.225 e. The molecule has 4 rings (SSSR count). The highest BCUT2D eigenvalue weighted by molar-refractivity contribution is 5.85. The van der Waals surface area contributed by atoms with Gasteiger partial charge >= 0.3 is 0 Å². The van der Waals surface area contributed by atoms with Gasteiger partial charge in [0.05, 0.1) is 17.9 Å². The SMILES string of the molecule is CCOc1c(-c2ccccc2)c(-c2ccccc2)nn1-c1ccccc1. The maximum atomic E-state index is 6.08. The van der Waals surface area contributed by atoms with Crippen molar-refractivity contribution in [3.63, 3.8) is 0 Å². The zero-order valence-corrected chi connectivity index (χ0v) is 14.7. The van der Waals surface area contributed by atoms with E-state index >= 15 is 0 Å². The minimum atomic E-state index is 0.576. The molecule has 0 N–H and O–H groups in total. The Kier molecular flexibility index (Phi) is 4.52. The van der Waals surface area contributed by atoms with Crippen molar-refractivity contribution < 1.29 is 4.74 Å². The summed E-state index contributed by atoms with van der Waals surface area (Å²) in [6.07, 6.45) is 0. The fourth-order valence-electron chi connectivity index (χ4n) is 3.08. The van der Waals surface area contributed by atoms with Gasteiger partial charge < -0.3 is 4.74 Å². The second-order valence-corrected chi connectivity index (χ2v) is 5.94. The van der Waals surface area contributed by atoms with Crippen LogP contribution >= 0.6 is 0 Å². The summed E-state index contributed by atoms with van der Waals surface area (Å²) < 4.78 is 7.98. The first-order chi connectivity index (χ1) is 12.9. The highest BCUT2D eigenvalue weighted by atomic mass is 16.5. The molecule has 0 radical (unpaired) electrons. The summed E-state index contributed by atoms with van der Waals surface area (Å²) in [7, 11) is 0. The van der Waals surface area contributed by atoms with Crippen LogP contribution in [0, 0.1) is 0 Å². The molecule has 3 nitrogen and oxygen atoms in total. The largest absolute Gasteiger partial charge is 0.477 e. The molecule has 0 bridgehead atoms. The average molecular weight is 340 g/mol. The van der Waals surface area contributed by atoms with Crippen molar-refractivity contribution in [1.29, 1.82) is 0 Å². The lowest BCUT2D eigenvalue weighted by atomic mass is 10.0. The third-order valence-electron chi connectivity index (χ3n) is 4.23. The predicted molar refractivity (Wildman–Crippen MR) is 106 cm³/mol. The summed E-state index contributed by atoms with van der Waals surface area (Å²) in [5.74, 6) is 0.767. The Morgan fingerprint density at radius 3 is 1.85 bits per heavy atom. The lowest BCUT2D eigenvalue weighted by Gasteiger charge is -2.10. The highest BCUT2D eigenvalue weighted by Crippen LogP contribution is 2.40. The molecule has 0 saturated heterocycles. The number of hydrogen-bond donors (Lipinski definition) is 0. The van der Waals surface area contributed by atoms with Gasteiger partial charge in [0.25, 0.3) is 0 Å². The van der Waals surface area contributed by atoms with E-state index < -0.39 is 0 Å². The van der Waals surface area contributed by atoms with Crippen molar-refractivity contribution in [2.75, 3.05) is 6.61 Å². The van der Waals surface area contributed by atoms with Crippen LogP contribution < -0.4 is 4.74 Å². The van der Waals surface area contributed by atoms with Crippen molar-refractivity contribution in [3.05, 3.63) is 91.0 Å². The summed E-state index contributed by atoms with van der Waals surface area (Å²) in [6.45, 7) is 2.58. The molecule has 26 heavy (non-hydrogen) atoms. The van der Waals surface area contributed by atoms with Crippen LogP contribution in [-0.2, 0) is 0 Å². The van der Waals surface area contributed by atoms with Crippen molar-refractivity contribution in [1.82, 2.24) is 9.78 Å². The van der Waals surface area contributed by atoms with Crippen molar-refractivity contribution in [2.24, 2.45) is 0 Å². The third-order valence-corrected chi connectivity index (χ3v) is 4.23. The van der Waals surface area contributed by atoms with E-state index in [0.29, 0.717) is 6.61 Å². The van der Waals surface area contributed by atoms with Crippen LogP contribution in [-0.4, -0.2) is 16.4 Å². The second-order valence-electron chi connectivity index (χ2n) is 5.94. The zero-order chi connectivity index (χ0) is 17.8. The molecule has 0 saturated carbocycles. The Morgan fingerprint density at radius 2 is 1.27 bits per heavy atom. The van der Waals surface area contributed by atoms with Gasteiger partial charge in [0.2, 0.25) is 5.88 Å². The lowest BCUT2D eigenvalue weighted by Crippen LogP contribution is -2.02. The Bertz CT molecular complexity index is 977. The fourth-order valence-corrected chi connectivity index (χ4v) is 3.08. The molecule has 128 valence electrons. The minimum absolute atomic E-state index is 0.576. The Balaban J connectivity index is 2.02. The molecule has 0 atom stereocenters. The number of rotatable bonds is 5. The monoisotopic (exact) mass is 340 g/mol. The topological polar surface area (TPSA) is 27.1 Å². The first kappa shape index (κ1) is 16.2. The van der Waals surface area contributed by atoms with Crippen LogP contribution in [0.25, 0.3) is 28.1 Å². The maximum Gasteiger partial charge on any atom is 0.225 e. The van der Waals surface area contributed by atoms with E-state index in [1.165, 1.54) is 0 Å². The maximum absolute atomic E-state index is 6.08. The highest BCUT2D eigenvalue weighted by Gasteiger charge is 2.22. The van der Waals surface area contributed by atoms with Gasteiger partial charge in [-0.2, -0.15) is 9.78 Å². The molecule has 1 heterocycles. The predicted octanol–water partition coefficient (Wildman–Crippen LogP) is 5.61. The zero-order valence-electron chi connectivity index (χ0n) is 14.7. The molecule has 0 spiro atoms. The van der Waals surface area contributed by atoms with E-state index in [0.717, 1.165) is 34.0 Å². The molecule has 0 aliphatic heterocycles. The normalized spacial score (nSPS) is 10.7. The van der Waals surface area contributed by atoms with Gasteiger partial charge in [-0.1, -0.05) is 78.9 Å². The summed E-state index contributed by atoms with van der Waals surface area (Å²) in [4.78, 5) is 0. The van der Waals surface area contributed by atoms with E-state index in [1.54, 1.807) is 0 Å². The molecule has 1 aromatic heterocycles. The number of para-hydroxylation sites is 1. The second kappa shape index (κ2) is 7.28. The summed E-state index contributed by atoms with van der Waals surface area (Å²) >= 11 is 0. The summed E-state index contributed by atoms with van der Waals surface area (Å²) in [6, 6.07) is 30.7. The summed E-state index contributed by atoms with van der Waals surface area (Å²) in [5.41, 5.74) is 5.08. The molecule has 0 fully saturated rings. The van der Waals surface area contributed by atoms with E-state index in [-0.39, 0.29) is 0 Å². The van der Waals surface area contributed by atoms with Gasteiger partial charge in [-0.3, -0.25) is 0 Å². The van der Waals surface area contributed by atoms with Gasteiger partial charge in [-0.25, -0.2) is 0 Å². The van der Waals surface area contributed by atoms with Gasteiger partial charge in [-0.15, -0.1) is 0 Å².